The molecule has 2 N–H and O–H groups in total. The van der Waals surface area contributed by atoms with Crippen molar-refractivity contribution in [3.63, 3.8) is 0 Å². The van der Waals surface area contributed by atoms with E-state index in [1.807, 2.05) is 30.5 Å². The third-order valence-corrected chi connectivity index (χ3v) is 5.23. The van der Waals surface area contributed by atoms with Crippen LogP contribution in [-0.4, -0.2) is 27.1 Å². The van der Waals surface area contributed by atoms with E-state index in [4.69, 9.17) is 10.5 Å². The monoisotopic (exact) mass is 408 g/mol. The van der Waals surface area contributed by atoms with Crippen LogP contribution in [-0.2, 0) is 12.0 Å². The number of hydrogen-bond acceptors (Lipinski definition) is 6. The number of carbonyl (C=O) groups is 1. The Labute approximate surface area is 174 Å². The zero-order chi connectivity index (χ0) is 21.0. The topological polar surface area (TPSA) is 91.0 Å². The summed E-state index contributed by atoms with van der Waals surface area (Å²) in [6, 6.07) is 11.8. The van der Waals surface area contributed by atoms with E-state index in [0.29, 0.717) is 22.5 Å². The lowest BCUT2D eigenvalue weighted by molar-refractivity contribution is 0.0998. The summed E-state index contributed by atoms with van der Waals surface area (Å²) in [6.07, 6.45) is 4.75. The van der Waals surface area contributed by atoms with Crippen molar-refractivity contribution in [1.29, 1.82) is 0 Å². The van der Waals surface area contributed by atoms with Crippen LogP contribution in [0.4, 0.5) is 0 Å². The summed E-state index contributed by atoms with van der Waals surface area (Å²) < 4.78 is 5.97. The van der Waals surface area contributed by atoms with Crippen LogP contribution in [0.1, 0.15) is 42.3 Å². The van der Waals surface area contributed by atoms with Gasteiger partial charge in [0.05, 0.1) is 5.56 Å². The molecule has 0 radical (unpaired) electrons. The molecule has 0 atom stereocenters. The highest BCUT2D eigenvalue weighted by Gasteiger charge is 2.19. The first-order valence-corrected chi connectivity index (χ1v) is 10.4. The van der Waals surface area contributed by atoms with E-state index < -0.39 is 5.91 Å². The number of amides is 1. The third-order valence-electron chi connectivity index (χ3n) is 4.52. The molecular weight excluding hydrogens is 384 g/mol. The third kappa shape index (κ3) is 4.92. The maximum absolute atomic E-state index is 12.3. The largest absolute Gasteiger partial charge is 0.489 e. The normalized spacial score (nSPS) is 11.3. The first-order chi connectivity index (χ1) is 13.8. The highest BCUT2D eigenvalue weighted by molar-refractivity contribution is 7.98. The molecular formula is C22H24N4O2S. The molecule has 0 saturated heterocycles. The second-order valence-electron chi connectivity index (χ2n) is 7.60. The van der Waals surface area contributed by atoms with E-state index in [1.54, 1.807) is 11.8 Å². The average Bonchev–Trinajstić information content (AvgIpc) is 2.71. The molecule has 0 aliphatic heterocycles. The fourth-order valence-electron chi connectivity index (χ4n) is 2.96. The molecule has 0 aliphatic carbocycles. The van der Waals surface area contributed by atoms with Gasteiger partial charge in [0.25, 0.3) is 0 Å². The van der Waals surface area contributed by atoms with Crippen LogP contribution in [0.15, 0.2) is 53.9 Å². The van der Waals surface area contributed by atoms with Crippen LogP contribution in [0.5, 0.6) is 5.75 Å². The number of rotatable bonds is 6. The maximum atomic E-state index is 12.3. The zero-order valence-electron chi connectivity index (χ0n) is 17.0. The van der Waals surface area contributed by atoms with E-state index in [2.05, 4.69) is 47.9 Å². The van der Waals surface area contributed by atoms with Gasteiger partial charge in [-0.25, -0.2) is 15.0 Å². The summed E-state index contributed by atoms with van der Waals surface area (Å²) in [4.78, 5) is 25.4. The molecule has 0 saturated carbocycles. The van der Waals surface area contributed by atoms with Crippen molar-refractivity contribution in [3.05, 3.63) is 65.7 Å². The van der Waals surface area contributed by atoms with Crippen molar-refractivity contribution < 1.29 is 9.53 Å². The van der Waals surface area contributed by atoms with Crippen molar-refractivity contribution in [3.8, 4) is 17.1 Å². The molecule has 0 fully saturated rings. The van der Waals surface area contributed by atoms with Crippen LogP contribution in [0.25, 0.3) is 11.4 Å². The highest BCUT2D eigenvalue weighted by Crippen LogP contribution is 2.30. The summed E-state index contributed by atoms with van der Waals surface area (Å²) >= 11 is 1.56. The lowest BCUT2D eigenvalue weighted by Gasteiger charge is -2.19. The van der Waals surface area contributed by atoms with Gasteiger partial charge in [0.15, 0.2) is 5.82 Å². The van der Waals surface area contributed by atoms with Gasteiger partial charge in [-0.15, -0.1) is 11.8 Å². The molecule has 0 unspecified atom stereocenters. The summed E-state index contributed by atoms with van der Waals surface area (Å²) in [5.41, 5.74) is 8.64. The van der Waals surface area contributed by atoms with Crippen LogP contribution in [0.3, 0.4) is 0 Å². The number of hydrogen-bond donors (Lipinski definition) is 1. The number of aromatic nitrogens is 3. The molecule has 3 aromatic rings. The summed E-state index contributed by atoms with van der Waals surface area (Å²) in [5.74, 6) is 0.583. The van der Waals surface area contributed by atoms with Crippen molar-refractivity contribution in [1.82, 2.24) is 15.0 Å². The van der Waals surface area contributed by atoms with E-state index in [0.717, 1.165) is 10.6 Å². The van der Waals surface area contributed by atoms with Crippen LogP contribution in [0, 0.1) is 0 Å². The van der Waals surface area contributed by atoms with Crippen molar-refractivity contribution in [2.75, 3.05) is 6.26 Å². The predicted molar refractivity (Wildman–Crippen MR) is 115 cm³/mol. The second-order valence-corrected chi connectivity index (χ2v) is 8.48. The minimum Gasteiger partial charge on any atom is -0.489 e. The van der Waals surface area contributed by atoms with Gasteiger partial charge in [-0.1, -0.05) is 32.9 Å². The first-order valence-electron chi connectivity index (χ1n) is 9.16. The molecule has 2 aromatic carbocycles. The SMILES string of the molecule is CSc1cc(COc2ccc(C(C)(C)C)cc2)c(C(N)=O)c(-c2ncncn2)c1. The van der Waals surface area contributed by atoms with Gasteiger partial charge < -0.3 is 10.5 Å². The Morgan fingerprint density at radius 1 is 1.10 bits per heavy atom. The number of thioether (sulfide) groups is 1. The average molecular weight is 409 g/mol. The molecule has 0 spiro atoms. The number of ether oxygens (including phenoxy) is 1. The van der Waals surface area contributed by atoms with Gasteiger partial charge in [-0.2, -0.15) is 0 Å². The van der Waals surface area contributed by atoms with Crippen molar-refractivity contribution >= 4 is 17.7 Å². The molecule has 0 aliphatic rings. The molecule has 6 nitrogen and oxygen atoms in total. The Hall–Kier alpha value is -2.93. The minimum absolute atomic E-state index is 0.0732. The van der Waals surface area contributed by atoms with Gasteiger partial charge >= 0.3 is 0 Å². The number of benzene rings is 2. The summed E-state index contributed by atoms with van der Waals surface area (Å²) in [6.45, 7) is 6.70. The first kappa shape index (κ1) is 20.8. The quantitative estimate of drug-likeness (QED) is 0.614. The summed E-state index contributed by atoms with van der Waals surface area (Å²) in [7, 11) is 0. The van der Waals surface area contributed by atoms with Gasteiger partial charge in [0.2, 0.25) is 5.91 Å². The van der Waals surface area contributed by atoms with E-state index >= 15 is 0 Å². The maximum Gasteiger partial charge on any atom is 0.249 e. The van der Waals surface area contributed by atoms with Gasteiger partial charge in [-0.05, 0) is 41.5 Å². The molecule has 29 heavy (non-hydrogen) atoms. The van der Waals surface area contributed by atoms with Crippen molar-refractivity contribution in [2.45, 2.75) is 37.7 Å². The van der Waals surface area contributed by atoms with Crippen LogP contribution in [0.2, 0.25) is 0 Å². The smallest absolute Gasteiger partial charge is 0.249 e. The van der Waals surface area contributed by atoms with E-state index in [1.165, 1.54) is 18.2 Å². The summed E-state index contributed by atoms with van der Waals surface area (Å²) in [5, 5.41) is 0. The molecule has 3 rings (SSSR count). The van der Waals surface area contributed by atoms with Gasteiger partial charge in [0, 0.05) is 16.0 Å². The predicted octanol–water partition coefficient (Wildman–Crippen LogP) is 4.24. The Morgan fingerprint density at radius 2 is 1.76 bits per heavy atom. The Balaban J connectivity index is 1.95. The Morgan fingerprint density at radius 3 is 2.31 bits per heavy atom. The van der Waals surface area contributed by atoms with Crippen LogP contribution < -0.4 is 10.5 Å². The molecule has 1 aromatic heterocycles. The second kappa shape index (κ2) is 8.61. The molecule has 1 amide bonds. The molecule has 1 heterocycles. The van der Waals surface area contributed by atoms with Crippen molar-refractivity contribution in [2.24, 2.45) is 5.73 Å². The lowest BCUT2D eigenvalue weighted by Crippen LogP contribution is -2.17. The zero-order valence-corrected chi connectivity index (χ0v) is 17.8. The minimum atomic E-state index is -0.547. The van der Waals surface area contributed by atoms with Gasteiger partial charge in [-0.3, -0.25) is 4.79 Å². The number of carbonyl (C=O) groups excluding carboxylic acids is 1. The van der Waals surface area contributed by atoms with E-state index in [-0.39, 0.29) is 12.0 Å². The number of primary amides is 1. The molecule has 0 bridgehead atoms. The lowest BCUT2D eigenvalue weighted by atomic mass is 9.87. The number of nitrogens with zero attached hydrogens (tertiary/aromatic N) is 3. The Bertz CT molecular complexity index is 1000. The standard InChI is InChI=1S/C22H24N4O2S/c1-22(2,3)15-5-7-16(8-6-15)28-11-14-9-17(29-4)10-18(19(14)20(23)27)21-25-12-24-13-26-21/h5-10,12-13H,11H2,1-4H3,(H2,23,27). The highest BCUT2D eigenvalue weighted by atomic mass is 32.2. The van der Waals surface area contributed by atoms with Gasteiger partial charge in [0.1, 0.15) is 25.0 Å². The molecule has 150 valence electrons. The van der Waals surface area contributed by atoms with Crippen LogP contribution >= 0.6 is 11.8 Å². The van der Waals surface area contributed by atoms with E-state index in [9.17, 15) is 4.79 Å². The molecule has 7 heteroatoms. The fraction of sp³-hybridized carbons (Fsp3) is 0.273. The Kier molecular flexibility index (Phi) is 6.17. The fourth-order valence-corrected chi connectivity index (χ4v) is 3.46. The number of nitrogens with two attached hydrogens (primary N) is 1.